The number of furan rings is 1. The molecule has 2 aromatic rings. The summed E-state index contributed by atoms with van der Waals surface area (Å²) in [6, 6.07) is 8.76. The largest absolute Gasteiger partial charge is 0.469 e. The summed E-state index contributed by atoms with van der Waals surface area (Å²) in [5, 5.41) is 4.00. The third-order valence-corrected chi connectivity index (χ3v) is 6.23. The van der Waals surface area contributed by atoms with Gasteiger partial charge in [0.1, 0.15) is 11.6 Å². The molecule has 2 saturated heterocycles. The van der Waals surface area contributed by atoms with E-state index in [4.69, 9.17) is 25.7 Å². The Bertz CT molecular complexity index is 833. The highest BCUT2D eigenvalue weighted by molar-refractivity contribution is 14.0. The van der Waals surface area contributed by atoms with Crippen LogP contribution in [-0.4, -0.2) is 68.2 Å². The summed E-state index contributed by atoms with van der Waals surface area (Å²) >= 11 is 6.21. The minimum Gasteiger partial charge on any atom is -0.469 e. The predicted molar refractivity (Wildman–Crippen MR) is 135 cm³/mol. The number of nitrogens with one attached hydrogen (secondary N) is 1. The van der Waals surface area contributed by atoms with Crippen LogP contribution in [-0.2, 0) is 17.7 Å². The van der Waals surface area contributed by atoms with Crippen LogP contribution < -0.4 is 5.32 Å². The van der Waals surface area contributed by atoms with Crippen LogP contribution in [0.15, 0.2) is 46.0 Å². The Labute approximate surface area is 211 Å². The number of nitrogens with zero attached hydrogens (tertiary/aromatic N) is 3. The Balaban J connectivity index is 0.00000289. The first kappa shape index (κ1) is 25.3. The number of hydrogen-bond donors (Lipinski definition) is 1. The van der Waals surface area contributed by atoms with Crippen molar-refractivity contribution in [1.82, 2.24) is 15.1 Å². The minimum absolute atomic E-state index is 0. The molecule has 0 radical (unpaired) electrons. The summed E-state index contributed by atoms with van der Waals surface area (Å²) in [4.78, 5) is 9.44. The molecule has 0 aliphatic carbocycles. The number of benzene rings is 1. The van der Waals surface area contributed by atoms with Gasteiger partial charge in [-0.05, 0) is 30.7 Å². The van der Waals surface area contributed by atoms with E-state index in [1.807, 2.05) is 12.1 Å². The molecule has 0 spiro atoms. The zero-order chi connectivity index (χ0) is 21.5. The van der Waals surface area contributed by atoms with Crippen LogP contribution in [0.3, 0.4) is 0 Å². The van der Waals surface area contributed by atoms with Gasteiger partial charge >= 0.3 is 0 Å². The molecule has 1 aromatic carbocycles. The standard InChI is InChI=1S/C23H30ClFN4O2.HI/c24-21-4-1-5-22(25)20(21)16-28-9-11-29(12-10-28)23(27-15-18-7-14-30-17-18)26-8-6-19-3-2-13-31-19;/h1-5,13,18H,6-12,14-17H2,(H,26,27);1H. The van der Waals surface area contributed by atoms with Gasteiger partial charge < -0.3 is 19.4 Å². The van der Waals surface area contributed by atoms with E-state index in [-0.39, 0.29) is 29.8 Å². The normalized spacial score (nSPS) is 19.8. The highest BCUT2D eigenvalue weighted by Crippen LogP contribution is 2.21. The van der Waals surface area contributed by atoms with Crippen molar-refractivity contribution in [3.05, 3.63) is 58.8 Å². The molecule has 4 rings (SSSR count). The first-order valence-corrected chi connectivity index (χ1v) is 11.4. The van der Waals surface area contributed by atoms with Crippen LogP contribution >= 0.6 is 35.6 Å². The fourth-order valence-corrected chi connectivity index (χ4v) is 4.21. The zero-order valence-electron chi connectivity index (χ0n) is 18.1. The summed E-state index contributed by atoms with van der Waals surface area (Å²) in [6.07, 6.45) is 3.58. The second-order valence-corrected chi connectivity index (χ2v) is 8.52. The van der Waals surface area contributed by atoms with Crippen molar-refractivity contribution in [2.45, 2.75) is 19.4 Å². The van der Waals surface area contributed by atoms with Crippen LogP contribution in [0.5, 0.6) is 0 Å². The van der Waals surface area contributed by atoms with Crippen LogP contribution in [0.1, 0.15) is 17.7 Å². The van der Waals surface area contributed by atoms with E-state index >= 15 is 0 Å². The quantitative estimate of drug-likeness (QED) is 0.307. The monoisotopic (exact) mass is 576 g/mol. The van der Waals surface area contributed by atoms with Crippen molar-refractivity contribution in [2.24, 2.45) is 10.9 Å². The Morgan fingerprint density at radius 2 is 2.03 bits per heavy atom. The van der Waals surface area contributed by atoms with Crippen LogP contribution in [0.4, 0.5) is 4.39 Å². The van der Waals surface area contributed by atoms with Gasteiger partial charge in [-0.25, -0.2) is 4.39 Å². The second-order valence-electron chi connectivity index (χ2n) is 8.11. The Hall–Kier alpha value is -1.36. The molecular weight excluding hydrogens is 546 g/mol. The first-order chi connectivity index (χ1) is 15.2. The lowest BCUT2D eigenvalue weighted by Gasteiger charge is -2.37. The Morgan fingerprint density at radius 1 is 1.19 bits per heavy atom. The van der Waals surface area contributed by atoms with E-state index in [0.29, 0.717) is 23.0 Å². The third-order valence-electron chi connectivity index (χ3n) is 5.87. The van der Waals surface area contributed by atoms with Crippen molar-refractivity contribution < 1.29 is 13.5 Å². The fraction of sp³-hybridized carbons (Fsp3) is 0.522. The number of ether oxygens (including phenoxy) is 1. The topological polar surface area (TPSA) is 53.2 Å². The average Bonchev–Trinajstić information content (AvgIpc) is 3.48. The fourth-order valence-electron chi connectivity index (χ4n) is 3.99. The maximum atomic E-state index is 14.1. The smallest absolute Gasteiger partial charge is 0.194 e. The minimum atomic E-state index is -0.240. The van der Waals surface area contributed by atoms with Crippen molar-refractivity contribution >= 4 is 41.5 Å². The maximum absolute atomic E-state index is 14.1. The molecule has 9 heteroatoms. The van der Waals surface area contributed by atoms with E-state index in [2.05, 4.69) is 15.1 Å². The average molecular weight is 577 g/mol. The Kier molecular flexibility index (Phi) is 10.1. The van der Waals surface area contributed by atoms with Gasteiger partial charge in [-0.2, -0.15) is 0 Å². The molecular formula is C23H31ClFIN4O2. The summed E-state index contributed by atoms with van der Waals surface area (Å²) in [5.74, 6) is 2.14. The molecule has 1 N–H and O–H groups in total. The van der Waals surface area contributed by atoms with Crippen LogP contribution in [0.2, 0.25) is 5.02 Å². The summed E-state index contributed by atoms with van der Waals surface area (Å²) in [6.45, 7) is 7.01. The van der Waals surface area contributed by atoms with E-state index in [1.54, 1.807) is 18.4 Å². The molecule has 3 heterocycles. The molecule has 6 nitrogen and oxygen atoms in total. The molecule has 1 unspecified atom stereocenters. The highest BCUT2D eigenvalue weighted by Gasteiger charge is 2.22. The molecule has 1 atom stereocenters. The summed E-state index contributed by atoms with van der Waals surface area (Å²) < 4.78 is 25.1. The molecule has 2 aliphatic rings. The van der Waals surface area contributed by atoms with E-state index in [9.17, 15) is 4.39 Å². The molecule has 2 fully saturated rings. The third kappa shape index (κ3) is 7.07. The van der Waals surface area contributed by atoms with Gasteiger partial charge in [0.15, 0.2) is 5.96 Å². The SMILES string of the molecule is Fc1cccc(Cl)c1CN1CCN(C(=NCC2CCOC2)NCCc2ccco2)CC1.I. The number of hydrogen-bond acceptors (Lipinski definition) is 4. The molecule has 0 bridgehead atoms. The first-order valence-electron chi connectivity index (χ1n) is 11.0. The Morgan fingerprint density at radius 3 is 2.72 bits per heavy atom. The maximum Gasteiger partial charge on any atom is 0.194 e. The van der Waals surface area contributed by atoms with Gasteiger partial charge in [0.2, 0.25) is 0 Å². The van der Waals surface area contributed by atoms with Gasteiger partial charge in [0, 0.05) is 75.3 Å². The summed E-state index contributed by atoms with van der Waals surface area (Å²) in [5.41, 5.74) is 0.573. The van der Waals surface area contributed by atoms with Crippen molar-refractivity contribution in [1.29, 1.82) is 0 Å². The predicted octanol–water partition coefficient (Wildman–Crippen LogP) is 4.03. The highest BCUT2D eigenvalue weighted by atomic mass is 127. The number of rotatable bonds is 7. The number of guanidine groups is 1. The van der Waals surface area contributed by atoms with Gasteiger partial charge in [-0.3, -0.25) is 9.89 Å². The van der Waals surface area contributed by atoms with Crippen molar-refractivity contribution in [3.63, 3.8) is 0 Å². The van der Waals surface area contributed by atoms with Gasteiger partial charge in [0.25, 0.3) is 0 Å². The van der Waals surface area contributed by atoms with E-state index in [1.165, 1.54) is 6.07 Å². The molecule has 2 aliphatic heterocycles. The lowest BCUT2D eigenvalue weighted by atomic mass is 10.1. The van der Waals surface area contributed by atoms with Crippen LogP contribution in [0, 0.1) is 11.7 Å². The van der Waals surface area contributed by atoms with Crippen molar-refractivity contribution in [2.75, 3.05) is 52.5 Å². The van der Waals surface area contributed by atoms with Gasteiger partial charge in [0.05, 0.1) is 12.9 Å². The molecule has 176 valence electrons. The van der Waals surface area contributed by atoms with Gasteiger partial charge in [-0.15, -0.1) is 24.0 Å². The molecule has 0 saturated carbocycles. The number of halogens is 3. The van der Waals surface area contributed by atoms with Crippen molar-refractivity contribution in [3.8, 4) is 0 Å². The number of aliphatic imine (C=N–C) groups is 1. The second kappa shape index (κ2) is 12.8. The lowest BCUT2D eigenvalue weighted by molar-refractivity contribution is 0.170. The zero-order valence-corrected chi connectivity index (χ0v) is 21.2. The summed E-state index contributed by atoms with van der Waals surface area (Å²) in [7, 11) is 0. The lowest BCUT2D eigenvalue weighted by Crippen LogP contribution is -2.52. The molecule has 32 heavy (non-hydrogen) atoms. The van der Waals surface area contributed by atoms with E-state index in [0.717, 1.165) is 77.0 Å². The van der Waals surface area contributed by atoms with E-state index < -0.39 is 0 Å². The number of piperazine rings is 1. The molecule has 1 aromatic heterocycles. The van der Waals surface area contributed by atoms with Crippen LogP contribution in [0.25, 0.3) is 0 Å². The molecule has 0 amide bonds. The van der Waals surface area contributed by atoms with Gasteiger partial charge in [-0.1, -0.05) is 17.7 Å².